The Hall–Kier alpha value is -2.45. The molecule has 3 aromatic rings. The lowest BCUT2D eigenvalue weighted by molar-refractivity contribution is -0.0583. The number of hydrogen-bond donors (Lipinski definition) is 2. The van der Waals surface area contributed by atoms with Crippen molar-refractivity contribution in [2.45, 2.75) is 19.1 Å². The Morgan fingerprint density at radius 1 is 1.38 bits per heavy atom. The first-order chi connectivity index (χ1) is 12.5. The van der Waals surface area contributed by atoms with Crippen LogP contribution in [0.1, 0.15) is 16.8 Å². The smallest absolute Gasteiger partial charge is 0.335 e. The molecular weight excluding hydrogens is 405 g/mol. The van der Waals surface area contributed by atoms with E-state index in [9.17, 15) is 14.3 Å². The van der Waals surface area contributed by atoms with E-state index in [1.807, 2.05) is 4.57 Å². The Labute approximate surface area is 156 Å². The number of anilines is 2. The number of fused-ring (bicyclic) bond motifs is 1. The molecule has 1 fully saturated rings. The first kappa shape index (κ1) is 17.0. The van der Waals surface area contributed by atoms with Gasteiger partial charge in [0.05, 0.1) is 34.9 Å². The van der Waals surface area contributed by atoms with Crippen LogP contribution in [-0.2, 0) is 11.3 Å². The predicted molar refractivity (Wildman–Crippen MR) is 98.4 cm³/mol. The summed E-state index contributed by atoms with van der Waals surface area (Å²) in [5.41, 5.74) is 1.77. The molecule has 6 nitrogen and oxygen atoms in total. The zero-order chi connectivity index (χ0) is 18.3. The molecule has 1 atom stereocenters. The first-order valence-corrected chi connectivity index (χ1v) is 8.88. The largest absolute Gasteiger partial charge is 0.478 e. The van der Waals surface area contributed by atoms with Crippen molar-refractivity contribution in [1.29, 1.82) is 0 Å². The predicted octanol–water partition coefficient (Wildman–Crippen LogP) is 4.17. The number of ether oxygens (including phenoxy) is 1. The van der Waals surface area contributed by atoms with Gasteiger partial charge in [-0.2, -0.15) is 0 Å². The fraction of sp³-hybridized carbons (Fsp3) is 0.222. The molecule has 2 aromatic carbocycles. The molecule has 2 heterocycles. The molecule has 2 N–H and O–H groups in total. The van der Waals surface area contributed by atoms with Crippen LogP contribution in [0.4, 0.5) is 16.0 Å². The maximum Gasteiger partial charge on any atom is 0.335 e. The maximum atomic E-state index is 14.2. The topological polar surface area (TPSA) is 76.4 Å². The number of halogens is 2. The number of imidazole rings is 1. The van der Waals surface area contributed by atoms with Gasteiger partial charge in [0.1, 0.15) is 5.82 Å². The average molecular weight is 420 g/mol. The van der Waals surface area contributed by atoms with E-state index in [-0.39, 0.29) is 17.4 Å². The number of nitrogens with one attached hydrogen (secondary N) is 1. The minimum Gasteiger partial charge on any atom is -0.478 e. The second-order valence-electron chi connectivity index (χ2n) is 6.09. The van der Waals surface area contributed by atoms with Crippen LogP contribution in [0.3, 0.4) is 0 Å². The molecule has 0 unspecified atom stereocenters. The van der Waals surface area contributed by atoms with Gasteiger partial charge in [0, 0.05) is 11.1 Å². The molecule has 1 aliphatic heterocycles. The Morgan fingerprint density at radius 3 is 2.85 bits per heavy atom. The molecule has 26 heavy (non-hydrogen) atoms. The fourth-order valence-corrected chi connectivity index (χ4v) is 3.21. The third kappa shape index (κ3) is 3.17. The van der Waals surface area contributed by atoms with Crippen molar-refractivity contribution in [1.82, 2.24) is 9.55 Å². The van der Waals surface area contributed by atoms with Gasteiger partial charge in [0.15, 0.2) is 0 Å². The highest BCUT2D eigenvalue weighted by Gasteiger charge is 2.23. The molecule has 0 radical (unpaired) electrons. The van der Waals surface area contributed by atoms with Gasteiger partial charge in [-0.1, -0.05) is 15.9 Å². The number of nitrogens with zero attached hydrogens (tertiary/aromatic N) is 2. The van der Waals surface area contributed by atoms with Gasteiger partial charge in [-0.15, -0.1) is 0 Å². The van der Waals surface area contributed by atoms with Gasteiger partial charge in [0.25, 0.3) is 0 Å². The van der Waals surface area contributed by atoms with E-state index in [1.54, 1.807) is 24.3 Å². The van der Waals surface area contributed by atoms with Gasteiger partial charge in [-0.3, -0.25) is 0 Å². The number of rotatable bonds is 5. The highest BCUT2D eigenvalue weighted by Crippen LogP contribution is 2.28. The summed E-state index contributed by atoms with van der Waals surface area (Å²) in [4.78, 5) is 15.8. The van der Waals surface area contributed by atoms with Crippen LogP contribution in [0.15, 0.2) is 40.9 Å². The Morgan fingerprint density at radius 2 is 2.19 bits per heavy atom. The van der Waals surface area contributed by atoms with Gasteiger partial charge in [0.2, 0.25) is 5.95 Å². The van der Waals surface area contributed by atoms with Crippen LogP contribution >= 0.6 is 15.9 Å². The van der Waals surface area contributed by atoms with Crippen LogP contribution in [0.25, 0.3) is 11.0 Å². The summed E-state index contributed by atoms with van der Waals surface area (Å²) < 4.78 is 22.2. The molecular formula is C18H15BrFN3O3. The Bertz CT molecular complexity index is 1000. The second kappa shape index (κ2) is 6.69. The van der Waals surface area contributed by atoms with Gasteiger partial charge >= 0.3 is 5.97 Å². The van der Waals surface area contributed by atoms with Crippen molar-refractivity contribution in [2.75, 3.05) is 11.9 Å². The van der Waals surface area contributed by atoms with Crippen LogP contribution < -0.4 is 5.32 Å². The first-order valence-electron chi connectivity index (χ1n) is 8.08. The Balaban J connectivity index is 1.78. The van der Waals surface area contributed by atoms with Crippen molar-refractivity contribution in [3.8, 4) is 0 Å². The zero-order valence-electron chi connectivity index (χ0n) is 13.6. The molecule has 0 saturated carbocycles. The minimum atomic E-state index is -1.01. The standard InChI is InChI=1S/C18H15BrFN3O3/c19-11-2-4-14(13(20)8-11)21-18-22-15-3-1-10(17(24)25)7-16(15)23(18)9-12-5-6-26-12/h1-4,7-8,12H,5-6,9H2,(H,21,22)(H,24,25)/t12-/m0/s1. The molecule has 8 heteroatoms. The molecule has 134 valence electrons. The van der Waals surface area contributed by atoms with Gasteiger partial charge in [-0.25, -0.2) is 14.2 Å². The molecule has 4 rings (SSSR count). The zero-order valence-corrected chi connectivity index (χ0v) is 15.2. The van der Waals surface area contributed by atoms with E-state index in [0.29, 0.717) is 34.6 Å². The quantitative estimate of drug-likeness (QED) is 0.648. The lowest BCUT2D eigenvalue weighted by Gasteiger charge is -2.27. The number of benzene rings is 2. The molecule has 0 spiro atoms. The van der Waals surface area contributed by atoms with Crippen molar-refractivity contribution < 1.29 is 19.0 Å². The number of carbonyl (C=O) groups is 1. The van der Waals surface area contributed by atoms with E-state index < -0.39 is 11.8 Å². The second-order valence-corrected chi connectivity index (χ2v) is 7.00. The summed E-state index contributed by atoms with van der Waals surface area (Å²) >= 11 is 3.23. The molecule has 0 amide bonds. The van der Waals surface area contributed by atoms with Crippen molar-refractivity contribution >= 4 is 44.6 Å². The number of carboxylic acid groups (broad SMARTS) is 1. The number of hydrogen-bond acceptors (Lipinski definition) is 4. The van der Waals surface area contributed by atoms with Crippen LogP contribution in [0, 0.1) is 5.82 Å². The van der Waals surface area contributed by atoms with E-state index in [4.69, 9.17) is 4.74 Å². The average Bonchev–Trinajstić information content (AvgIpc) is 2.90. The van der Waals surface area contributed by atoms with Crippen LogP contribution in [0.5, 0.6) is 0 Å². The molecule has 1 aromatic heterocycles. The van der Waals surface area contributed by atoms with Crippen molar-refractivity contribution in [3.05, 3.63) is 52.3 Å². The van der Waals surface area contributed by atoms with Gasteiger partial charge in [-0.05, 0) is 42.8 Å². The van der Waals surface area contributed by atoms with Crippen molar-refractivity contribution in [2.24, 2.45) is 0 Å². The van der Waals surface area contributed by atoms with Crippen LogP contribution in [-0.4, -0.2) is 33.3 Å². The van der Waals surface area contributed by atoms with E-state index in [2.05, 4.69) is 26.2 Å². The third-order valence-electron chi connectivity index (χ3n) is 4.35. The number of carboxylic acids is 1. The number of aromatic carboxylic acids is 1. The monoisotopic (exact) mass is 419 g/mol. The molecule has 1 saturated heterocycles. The summed E-state index contributed by atoms with van der Waals surface area (Å²) in [5.74, 6) is -0.976. The molecule has 1 aliphatic rings. The van der Waals surface area contributed by atoms with Gasteiger partial charge < -0.3 is 19.7 Å². The number of aromatic nitrogens is 2. The molecule has 0 bridgehead atoms. The summed E-state index contributed by atoms with van der Waals surface area (Å²) in [6, 6.07) is 9.45. The Kier molecular flexibility index (Phi) is 4.37. The lowest BCUT2D eigenvalue weighted by atomic mass is 10.1. The van der Waals surface area contributed by atoms with Crippen molar-refractivity contribution in [3.63, 3.8) is 0 Å². The minimum absolute atomic E-state index is 0.0381. The summed E-state index contributed by atoms with van der Waals surface area (Å²) in [6.07, 6.45) is 0.959. The third-order valence-corrected chi connectivity index (χ3v) is 4.85. The highest BCUT2D eigenvalue weighted by atomic mass is 79.9. The summed E-state index contributed by atoms with van der Waals surface area (Å²) in [5, 5.41) is 12.3. The van der Waals surface area contributed by atoms with E-state index in [0.717, 1.165) is 6.42 Å². The van der Waals surface area contributed by atoms with E-state index >= 15 is 0 Å². The lowest BCUT2D eigenvalue weighted by Crippen LogP contribution is -2.31. The molecule has 0 aliphatic carbocycles. The summed E-state index contributed by atoms with van der Waals surface area (Å²) in [7, 11) is 0. The SMILES string of the molecule is O=C(O)c1ccc2nc(Nc3ccc(Br)cc3F)n(C[C@@H]3CCO3)c2c1. The summed E-state index contributed by atoms with van der Waals surface area (Å²) in [6.45, 7) is 1.22. The van der Waals surface area contributed by atoms with E-state index in [1.165, 1.54) is 12.1 Å². The highest BCUT2D eigenvalue weighted by molar-refractivity contribution is 9.10. The normalized spacial score (nSPS) is 16.5. The van der Waals surface area contributed by atoms with Crippen LogP contribution in [0.2, 0.25) is 0 Å². The fourth-order valence-electron chi connectivity index (χ4n) is 2.88. The maximum absolute atomic E-state index is 14.2.